The molecule has 0 fully saturated rings. The third-order valence-electron chi connectivity index (χ3n) is 1.84. The zero-order valence-electron chi connectivity index (χ0n) is 8.36. The van der Waals surface area contributed by atoms with Crippen molar-refractivity contribution in [1.82, 2.24) is 5.32 Å². The van der Waals surface area contributed by atoms with Gasteiger partial charge in [0.15, 0.2) is 0 Å². The maximum atomic E-state index is 11.5. The first kappa shape index (κ1) is 11.7. The van der Waals surface area contributed by atoms with Gasteiger partial charge in [0.2, 0.25) is 0 Å². The average Bonchev–Trinajstić information content (AvgIpc) is 2.18. The van der Waals surface area contributed by atoms with E-state index in [1.807, 2.05) is 6.26 Å². The van der Waals surface area contributed by atoms with Crippen molar-refractivity contribution in [3.05, 3.63) is 23.8 Å². The summed E-state index contributed by atoms with van der Waals surface area (Å²) < 4.78 is 0. The highest BCUT2D eigenvalue weighted by Gasteiger charge is 2.14. The number of rotatable bonds is 4. The van der Waals surface area contributed by atoms with Gasteiger partial charge in [-0.2, -0.15) is 11.8 Å². The Morgan fingerprint density at radius 1 is 1.40 bits per heavy atom. The number of phenolic OH excluding ortho intramolecular Hbond substituents is 2. The molecule has 3 N–H and O–H groups in total. The molecule has 4 nitrogen and oxygen atoms in total. The molecule has 0 atom stereocenters. The van der Waals surface area contributed by atoms with E-state index in [9.17, 15) is 15.0 Å². The van der Waals surface area contributed by atoms with Gasteiger partial charge in [-0.15, -0.1) is 0 Å². The number of carbonyl (C=O) groups is 1. The van der Waals surface area contributed by atoms with E-state index in [4.69, 9.17) is 0 Å². The van der Waals surface area contributed by atoms with Gasteiger partial charge in [0.05, 0.1) is 0 Å². The first-order chi connectivity index (χ1) is 7.16. The highest BCUT2D eigenvalue weighted by Crippen LogP contribution is 2.25. The van der Waals surface area contributed by atoms with Crippen molar-refractivity contribution in [2.75, 3.05) is 18.6 Å². The van der Waals surface area contributed by atoms with Gasteiger partial charge in [-0.1, -0.05) is 6.07 Å². The molecule has 0 saturated heterocycles. The molecule has 1 amide bonds. The van der Waals surface area contributed by atoms with E-state index in [0.29, 0.717) is 6.54 Å². The van der Waals surface area contributed by atoms with Crippen molar-refractivity contribution in [2.24, 2.45) is 0 Å². The van der Waals surface area contributed by atoms with Crippen molar-refractivity contribution in [3.8, 4) is 11.5 Å². The minimum absolute atomic E-state index is 0.0707. The standard InChI is InChI=1S/C10H13NO3S/c1-15-6-5-11-10(14)9-7(12)3-2-4-8(9)13/h2-4,12-13H,5-6H2,1H3,(H,11,14). The van der Waals surface area contributed by atoms with Crippen LogP contribution in [0.5, 0.6) is 11.5 Å². The van der Waals surface area contributed by atoms with Gasteiger partial charge < -0.3 is 15.5 Å². The molecular formula is C10H13NO3S. The summed E-state index contributed by atoms with van der Waals surface area (Å²) in [6, 6.07) is 4.20. The van der Waals surface area contributed by atoms with E-state index in [2.05, 4.69) is 5.32 Å². The van der Waals surface area contributed by atoms with Crippen LogP contribution in [0.4, 0.5) is 0 Å². The predicted octanol–water partition coefficient (Wildman–Crippen LogP) is 1.19. The Labute approximate surface area is 92.3 Å². The Morgan fingerprint density at radius 3 is 2.53 bits per heavy atom. The van der Waals surface area contributed by atoms with Crippen molar-refractivity contribution < 1.29 is 15.0 Å². The van der Waals surface area contributed by atoms with Crippen LogP contribution in [0, 0.1) is 0 Å². The third-order valence-corrected chi connectivity index (χ3v) is 2.45. The smallest absolute Gasteiger partial charge is 0.258 e. The van der Waals surface area contributed by atoms with Crippen LogP contribution in [-0.4, -0.2) is 34.7 Å². The molecular weight excluding hydrogens is 214 g/mol. The lowest BCUT2D eigenvalue weighted by Crippen LogP contribution is -2.25. The van der Waals surface area contributed by atoms with Crippen LogP contribution in [0.3, 0.4) is 0 Å². The van der Waals surface area contributed by atoms with Gasteiger partial charge in [0.25, 0.3) is 5.91 Å². The zero-order valence-corrected chi connectivity index (χ0v) is 9.17. The van der Waals surface area contributed by atoms with Crippen molar-refractivity contribution in [2.45, 2.75) is 0 Å². The van der Waals surface area contributed by atoms with Crippen molar-refractivity contribution >= 4 is 17.7 Å². The molecule has 0 aliphatic heterocycles. The molecule has 0 aliphatic carbocycles. The summed E-state index contributed by atoms with van der Waals surface area (Å²) in [4.78, 5) is 11.5. The van der Waals surface area contributed by atoms with E-state index >= 15 is 0 Å². The number of nitrogens with one attached hydrogen (secondary N) is 1. The largest absolute Gasteiger partial charge is 0.507 e. The van der Waals surface area contributed by atoms with E-state index < -0.39 is 5.91 Å². The molecule has 0 aliphatic rings. The van der Waals surface area contributed by atoms with Crippen LogP contribution in [0.25, 0.3) is 0 Å². The Bertz CT molecular complexity index is 334. The minimum Gasteiger partial charge on any atom is -0.507 e. The lowest BCUT2D eigenvalue weighted by atomic mass is 10.1. The molecule has 0 aromatic heterocycles. The number of thioether (sulfide) groups is 1. The first-order valence-corrected chi connectivity index (χ1v) is 5.84. The van der Waals surface area contributed by atoms with E-state index in [1.165, 1.54) is 18.2 Å². The van der Waals surface area contributed by atoms with Gasteiger partial charge in [-0.25, -0.2) is 0 Å². The number of hydrogen-bond donors (Lipinski definition) is 3. The molecule has 0 heterocycles. The number of hydrogen-bond acceptors (Lipinski definition) is 4. The SMILES string of the molecule is CSCCNC(=O)c1c(O)cccc1O. The van der Waals surface area contributed by atoms with Gasteiger partial charge >= 0.3 is 0 Å². The molecule has 0 radical (unpaired) electrons. The van der Waals surface area contributed by atoms with E-state index in [0.717, 1.165) is 5.75 Å². The van der Waals surface area contributed by atoms with Gasteiger partial charge in [-0.3, -0.25) is 4.79 Å². The fourth-order valence-electron chi connectivity index (χ4n) is 1.12. The summed E-state index contributed by atoms with van der Waals surface area (Å²) in [5, 5.41) is 21.4. The monoisotopic (exact) mass is 227 g/mol. The quantitative estimate of drug-likeness (QED) is 0.676. The summed E-state index contributed by atoms with van der Waals surface area (Å²) in [6.07, 6.45) is 1.93. The molecule has 1 aromatic rings. The topological polar surface area (TPSA) is 69.6 Å². The average molecular weight is 227 g/mol. The van der Waals surface area contributed by atoms with Crippen molar-refractivity contribution in [3.63, 3.8) is 0 Å². The maximum Gasteiger partial charge on any atom is 0.258 e. The minimum atomic E-state index is -0.459. The highest BCUT2D eigenvalue weighted by molar-refractivity contribution is 7.98. The fourth-order valence-corrected chi connectivity index (χ4v) is 1.42. The number of phenols is 2. The van der Waals surface area contributed by atoms with Crippen LogP contribution < -0.4 is 5.32 Å². The number of aromatic hydroxyl groups is 2. The maximum absolute atomic E-state index is 11.5. The third kappa shape index (κ3) is 3.06. The fraction of sp³-hybridized carbons (Fsp3) is 0.300. The zero-order chi connectivity index (χ0) is 11.3. The normalized spacial score (nSPS) is 9.93. The molecule has 82 valence electrons. The van der Waals surface area contributed by atoms with E-state index in [1.54, 1.807) is 11.8 Å². The van der Waals surface area contributed by atoms with Gasteiger partial charge in [-0.05, 0) is 18.4 Å². The van der Waals surface area contributed by atoms with Gasteiger partial charge in [0, 0.05) is 12.3 Å². The summed E-state index contributed by atoms with van der Waals surface area (Å²) in [6.45, 7) is 0.508. The molecule has 15 heavy (non-hydrogen) atoms. The summed E-state index contributed by atoms with van der Waals surface area (Å²) >= 11 is 1.61. The first-order valence-electron chi connectivity index (χ1n) is 4.45. The van der Waals surface area contributed by atoms with E-state index in [-0.39, 0.29) is 17.1 Å². The molecule has 1 aromatic carbocycles. The van der Waals surface area contributed by atoms with Crippen LogP contribution in [0.2, 0.25) is 0 Å². The number of carbonyl (C=O) groups excluding carboxylic acids is 1. The second kappa shape index (κ2) is 5.50. The molecule has 0 bridgehead atoms. The second-order valence-corrected chi connectivity index (χ2v) is 3.91. The van der Waals surface area contributed by atoms with Crippen LogP contribution in [0.1, 0.15) is 10.4 Å². The lowest BCUT2D eigenvalue weighted by molar-refractivity contribution is 0.0950. The molecule has 0 unspecified atom stereocenters. The Hall–Kier alpha value is -1.36. The van der Waals surface area contributed by atoms with Crippen LogP contribution in [0.15, 0.2) is 18.2 Å². The Balaban J connectivity index is 2.73. The van der Waals surface area contributed by atoms with Gasteiger partial charge in [0.1, 0.15) is 17.1 Å². The molecule has 1 rings (SSSR count). The molecule has 0 saturated carbocycles. The van der Waals surface area contributed by atoms with Crippen LogP contribution in [-0.2, 0) is 0 Å². The summed E-state index contributed by atoms with van der Waals surface area (Å²) in [5.74, 6) is -0.0898. The molecule has 0 spiro atoms. The lowest BCUT2D eigenvalue weighted by Gasteiger charge is -2.07. The Morgan fingerprint density at radius 2 is 2.00 bits per heavy atom. The Kier molecular flexibility index (Phi) is 4.30. The summed E-state index contributed by atoms with van der Waals surface area (Å²) in [5.41, 5.74) is -0.0707. The number of benzene rings is 1. The van der Waals surface area contributed by atoms with Crippen molar-refractivity contribution in [1.29, 1.82) is 0 Å². The highest BCUT2D eigenvalue weighted by atomic mass is 32.2. The van der Waals surface area contributed by atoms with Crippen LogP contribution >= 0.6 is 11.8 Å². The number of amides is 1. The summed E-state index contributed by atoms with van der Waals surface area (Å²) in [7, 11) is 0. The second-order valence-electron chi connectivity index (χ2n) is 2.92. The predicted molar refractivity (Wildman–Crippen MR) is 60.5 cm³/mol. The molecule has 5 heteroatoms.